The van der Waals surface area contributed by atoms with E-state index in [2.05, 4.69) is 29.6 Å². The zero-order chi connectivity index (χ0) is 16.1. The van der Waals surface area contributed by atoms with Gasteiger partial charge in [-0.1, -0.05) is 48.2 Å². The van der Waals surface area contributed by atoms with Crippen LogP contribution in [-0.2, 0) is 6.54 Å². The van der Waals surface area contributed by atoms with Gasteiger partial charge in [-0.15, -0.1) is 0 Å². The molecule has 3 aromatic carbocycles. The molecule has 3 nitrogen and oxygen atoms in total. The van der Waals surface area contributed by atoms with Gasteiger partial charge in [0.2, 0.25) is 0 Å². The summed E-state index contributed by atoms with van der Waals surface area (Å²) in [5.41, 5.74) is 1.75. The second kappa shape index (κ2) is 7.11. The zero-order valence-electron chi connectivity index (χ0n) is 12.4. The van der Waals surface area contributed by atoms with Crippen molar-refractivity contribution in [2.24, 2.45) is 0 Å². The molecule has 0 bridgehead atoms. The van der Waals surface area contributed by atoms with Crippen LogP contribution in [0.1, 0.15) is 5.56 Å². The van der Waals surface area contributed by atoms with Gasteiger partial charge in [0.05, 0.1) is 5.69 Å². The Balaban J connectivity index is 1.75. The maximum absolute atomic E-state index is 9.85. The third-order valence-corrected chi connectivity index (χ3v) is 4.52. The number of nitrogens with one attached hydrogen (secondary N) is 1. The molecule has 0 unspecified atom stereocenters. The predicted molar refractivity (Wildman–Crippen MR) is 94.1 cm³/mol. The van der Waals surface area contributed by atoms with E-state index < -0.39 is 0 Å². The van der Waals surface area contributed by atoms with Crippen LogP contribution in [0.25, 0.3) is 0 Å². The molecule has 23 heavy (non-hydrogen) atoms. The number of rotatable bonds is 5. The highest BCUT2D eigenvalue weighted by molar-refractivity contribution is 7.99. The van der Waals surface area contributed by atoms with E-state index in [-0.39, 0.29) is 11.5 Å². The normalized spacial score (nSPS) is 10.4. The highest BCUT2D eigenvalue weighted by Crippen LogP contribution is 2.32. The van der Waals surface area contributed by atoms with Crippen molar-refractivity contribution >= 4 is 17.4 Å². The number of phenols is 2. The molecule has 0 amide bonds. The molecule has 0 saturated heterocycles. The minimum Gasteiger partial charge on any atom is -0.508 e. The van der Waals surface area contributed by atoms with Crippen molar-refractivity contribution in [2.75, 3.05) is 5.32 Å². The van der Waals surface area contributed by atoms with Gasteiger partial charge < -0.3 is 15.5 Å². The number of aromatic hydroxyl groups is 2. The Bertz CT molecular complexity index is 790. The van der Waals surface area contributed by atoms with Crippen molar-refractivity contribution in [3.63, 3.8) is 0 Å². The second-order valence-corrected chi connectivity index (χ2v) is 6.19. The Morgan fingerprint density at radius 1 is 0.826 bits per heavy atom. The molecule has 0 radical (unpaired) electrons. The van der Waals surface area contributed by atoms with Gasteiger partial charge >= 0.3 is 0 Å². The quantitative estimate of drug-likeness (QED) is 0.463. The zero-order valence-corrected chi connectivity index (χ0v) is 13.3. The molecule has 4 heteroatoms. The Morgan fingerprint density at radius 3 is 2.35 bits per heavy atom. The molecule has 0 atom stereocenters. The second-order valence-electron chi connectivity index (χ2n) is 5.08. The van der Waals surface area contributed by atoms with E-state index in [1.54, 1.807) is 23.9 Å². The summed E-state index contributed by atoms with van der Waals surface area (Å²) in [7, 11) is 0. The number of benzene rings is 3. The summed E-state index contributed by atoms with van der Waals surface area (Å²) in [4.78, 5) is 2.36. The summed E-state index contributed by atoms with van der Waals surface area (Å²) in [6, 6.07) is 22.9. The van der Waals surface area contributed by atoms with Crippen LogP contribution in [0.4, 0.5) is 5.69 Å². The summed E-state index contributed by atoms with van der Waals surface area (Å²) in [6.45, 7) is 0.592. The minimum absolute atomic E-state index is 0.0400. The fourth-order valence-corrected chi connectivity index (χ4v) is 3.19. The first-order chi connectivity index (χ1) is 11.2. The van der Waals surface area contributed by atoms with Gasteiger partial charge in [-0.25, -0.2) is 0 Å². The smallest absolute Gasteiger partial charge is 0.142 e. The van der Waals surface area contributed by atoms with E-state index in [0.29, 0.717) is 12.2 Å². The van der Waals surface area contributed by atoms with E-state index in [9.17, 15) is 10.2 Å². The summed E-state index contributed by atoms with van der Waals surface area (Å²) in [5, 5.41) is 22.4. The standard InChI is InChI=1S/C19H17NO2S/c21-15-10-11-17(18(22)12-15)20-13-14-6-4-5-9-19(14)23-16-7-2-1-3-8-16/h1-12,20-22H,13H2. The first-order valence-electron chi connectivity index (χ1n) is 7.29. The van der Waals surface area contributed by atoms with Crippen LogP contribution in [0, 0.1) is 0 Å². The minimum atomic E-state index is 0.0400. The SMILES string of the molecule is Oc1ccc(NCc2ccccc2Sc2ccccc2)c(O)c1. The number of anilines is 1. The fraction of sp³-hybridized carbons (Fsp3) is 0.0526. The Morgan fingerprint density at radius 2 is 1.57 bits per heavy atom. The van der Waals surface area contributed by atoms with Crippen LogP contribution in [0.3, 0.4) is 0 Å². The molecule has 0 aliphatic carbocycles. The summed E-state index contributed by atoms with van der Waals surface area (Å²) in [5.74, 6) is 0.0891. The molecule has 0 aliphatic heterocycles. The molecular formula is C19H17NO2S. The Labute approximate surface area is 139 Å². The molecule has 3 N–H and O–H groups in total. The average Bonchev–Trinajstić information content (AvgIpc) is 2.56. The van der Waals surface area contributed by atoms with Crippen molar-refractivity contribution in [3.05, 3.63) is 78.4 Å². The van der Waals surface area contributed by atoms with Crippen molar-refractivity contribution in [2.45, 2.75) is 16.3 Å². The van der Waals surface area contributed by atoms with Crippen molar-refractivity contribution in [1.82, 2.24) is 0 Å². The molecule has 0 saturated carbocycles. The van der Waals surface area contributed by atoms with E-state index in [1.807, 2.05) is 30.3 Å². The van der Waals surface area contributed by atoms with Gasteiger partial charge in [0.1, 0.15) is 11.5 Å². The maximum Gasteiger partial charge on any atom is 0.142 e. The average molecular weight is 323 g/mol. The van der Waals surface area contributed by atoms with Gasteiger partial charge in [0.25, 0.3) is 0 Å². The summed E-state index contributed by atoms with van der Waals surface area (Å²) >= 11 is 1.71. The van der Waals surface area contributed by atoms with Crippen molar-refractivity contribution in [3.8, 4) is 11.5 Å². The van der Waals surface area contributed by atoms with Crippen LogP contribution in [0.5, 0.6) is 11.5 Å². The van der Waals surface area contributed by atoms with Crippen molar-refractivity contribution in [1.29, 1.82) is 0 Å². The molecule has 116 valence electrons. The fourth-order valence-electron chi connectivity index (χ4n) is 2.22. The van der Waals surface area contributed by atoms with E-state index >= 15 is 0 Å². The van der Waals surface area contributed by atoms with Crippen LogP contribution < -0.4 is 5.32 Å². The van der Waals surface area contributed by atoms with Gasteiger partial charge in [-0.3, -0.25) is 0 Å². The molecule has 0 heterocycles. The number of phenolic OH excluding ortho intramolecular Hbond substituents is 2. The molecular weight excluding hydrogens is 306 g/mol. The highest BCUT2D eigenvalue weighted by Gasteiger charge is 2.06. The maximum atomic E-state index is 9.85. The number of hydrogen-bond donors (Lipinski definition) is 3. The van der Waals surface area contributed by atoms with Gasteiger partial charge in [0.15, 0.2) is 0 Å². The summed E-state index contributed by atoms with van der Waals surface area (Å²) < 4.78 is 0. The molecule has 3 aromatic rings. The summed E-state index contributed by atoms with van der Waals surface area (Å²) in [6.07, 6.45) is 0. The lowest BCUT2D eigenvalue weighted by atomic mass is 10.2. The van der Waals surface area contributed by atoms with Gasteiger partial charge in [-0.2, -0.15) is 0 Å². The monoisotopic (exact) mass is 323 g/mol. The van der Waals surface area contributed by atoms with Gasteiger partial charge in [0, 0.05) is 22.4 Å². The lowest BCUT2D eigenvalue weighted by Crippen LogP contribution is -2.00. The highest BCUT2D eigenvalue weighted by atomic mass is 32.2. The third-order valence-electron chi connectivity index (χ3n) is 3.39. The molecule has 0 aliphatic rings. The lowest BCUT2D eigenvalue weighted by molar-refractivity contribution is 0.452. The molecule has 0 aromatic heterocycles. The number of hydrogen-bond acceptors (Lipinski definition) is 4. The topological polar surface area (TPSA) is 52.5 Å². The third kappa shape index (κ3) is 3.99. The van der Waals surface area contributed by atoms with E-state index in [4.69, 9.17) is 0 Å². The van der Waals surface area contributed by atoms with Crippen LogP contribution >= 0.6 is 11.8 Å². The van der Waals surface area contributed by atoms with Crippen LogP contribution in [-0.4, -0.2) is 10.2 Å². The largest absolute Gasteiger partial charge is 0.508 e. The lowest BCUT2D eigenvalue weighted by Gasteiger charge is -2.12. The van der Waals surface area contributed by atoms with Gasteiger partial charge in [-0.05, 0) is 35.9 Å². The predicted octanol–water partition coefficient (Wildman–Crippen LogP) is 4.86. The molecule has 0 fully saturated rings. The van der Waals surface area contributed by atoms with E-state index in [0.717, 1.165) is 5.56 Å². The van der Waals surface area contributed by atoms with Crippen LogP contribution in [0.2, 0.25) is 0 Å². The van der Waals surface area contributed by atoms with Crippen LogP contribution in [0.15, 0.2) is 82.6 Å². The Hall–Kier alpha value is -2.59. The Kier molecular flexibility index (Phi) is 4.74. The molecule has 0 spiro atoms. The van der Waals surface area contributed by atoms with E-state index in [1.165, 1.54) is 15.9 Å². The first-order valence-corrected chi connectivity index (χ1v) is 8.11. The molecule has 3 rings (SSSR count). The first kappa shape index (κ1) is 15.3. The van der Waals surface area contributed by atoms with Crippen molar-refractivity contribution < 1.29 is 10.2 Å².